The minimum absolute atomic E-state index is 0.0307. The lowest BCUT2D eigenvalue weighted by Crippen LogP contribution is -2.21. The molecule has 1 heterocycles. The van der Waals surface area contributed by atoms with Crippen LogP contribution in [0.15, 0.2) is 24.4 Å². The molecule has 20 heavy (non-hydrogen) atoms. The first-order valence-corrected chi connectivity index (χ1v) is 6.40. The van der Waals surface area contributed by atoms with Gasteiger partial charge in [0.25, 0.3) is 0 Å². The van der Waals surface area contributed by atoms with Crippen LogP contribution in [0.2, 0.25) is 0 Å². The number of nitrogens with one attached hydrogen (secondary N) is 3. The van der Waals surface area contributed by atoms with Gasteiger partial charge in [0.1, 0.15) is 0 Å². The van der Waals surface area contributed by atoms with E-state index in [1.165, 1.54) is 6.92 Å². The summed E-state index contributed by atoms with van der Waals surface area (Å²) in [6.07, 6.45) is 2.50. The number of aryl methyl sites for hydroxylation is 1. The van der Waals surface area contributed by atoms with Crippen molar-refractivity contribution in [1.29, 1.82) is 0 Å². The zero-order chi connectivity index (χ0) is 14.5. The molecule has 0 aliphatic carbocycles. The first-order chi connectivity index (χ1) is 9.56. The number of carbonyl (C=O) groups is 2. The molecule has 0 spiro atoms. The van der Waals surface area contributed by atoms with E-state index in [4.69, 9.17) is 5.11 Å². The van der Waals surface area contributed by atoms with E-state index in [1.807, 2.05) is 18.3 Å². The topological polar surface area (TPSA) is 94.2 Å². The van der Waals surface area contributed by atoms with E-state index < -0.39 is 6.09 Å². The molecule has 1 aromatic carbocycles. The van der Waals surface area contributed by atoms with Gasteiger partial charge in [0.05, 0.1) is 0 Å². The second kappa shape index (κ2) is 6.10. The van der Waals surface area contributed by atoms with E-state index in [0.29, 0.717) is 12.2 Å². The van der Waals surface area contributed by atoms with Gasteiger partial charge in [-0.1, -0.05) is 0 Å². The fourth-order valence-electron chi connectivity index (χ4n) is 2.13. The zero-order valence-corrected chi connectivity index (χ0v) is 11.2. The molecule has 0 saturated carbocycles. The van der Waals surface area contributed by atoms with E-state index in [-0.39, 0.29) is 5.91 Å². The van der Waals surface area contributed by atoms with E-state index in [2.05, 4.69) is 15.6 Å². The maximum Gasteiger partial charge on any atom is 0.409 e. The van der Waals surface area contributed by atoms with Gasteiger partial charge in [-0.2, -0.15) is 0 Å². The van der Waals surface area contributed by atoms with Gasteiger partial charge in [0, 0.05) is 36.3 Å². The number of benzene rings is 1. The van der Waals surface area contributed by atoms with Crippen molar-refractivity contribution in [2.24, 2.45) is 0 Å². The highest BCUT2D eigenvalue weighted by Gasteiger charge is 2.06. The molecule has 0 unspecified atom stereocenters. The first-order valence-electron chi connectivity index (χ1n) is 6.40. The lowest BCUT2D eigenvalue weighted by atomic mass is 10.1. The number of amides is 2. The maximum absolute atomic E-state index is 10.8. The number of rotatable bonds is 5. The fourth-order valence-corrected chi connectivity index (χ4v) is 2.13. The van der Waals surface area contributed by atoms with Gasteiger partial charge in [0.2, 0.25) is 5.91 Å². The molecule has 0 saturated heterocycles. The molecule has 4 N–H and O–H groups in total. The Labute approximate surface area is 116 Å². The van der Waals surface area contributed by atoms with Crippen LogP contribution in [0.4, 0.5) is 10.5 Å². The number of H-pyrrole nitrogens is 1. The zero-order valence-electron chi connectivity index (χ0n) is 11.2. The van der Waals surface area contributed by atoms with Gasteiger partial charge in [-0.3, -0.25) is 10.1 Å². The predicted octanol–water partition coefficient (Wildman–Crippen LogP) is 2.33. The highest BCUT2D eigenvalue weighted by atomic mass is 16.4. The normalized spacial score (nSPS) is 10.4. The van der Waals surface area contributed by atoms with Crippen LogP contribution in [0.5, 0.6) is 0 Å². The van der Waals surface area contributed by atoms with Gasteiger partial charge < -0.3 is 15.4 Å². The molecule has 0 aliphatic heterocycles. The second-order valence-electron chi connectivity index (χ2n) is 4.59. The Hall–Kier alpha value is -2.50. The average molecular weight is 275 g/mol. The molecule has 1 aromatic heterocycles. The molecule has 106 valence electrons. The second-order valence-corrected chi connectivity index (χ2v) is 4.59. The van der Waals surface area contributed by atoms with Crippen LogP contribution in [0.25, 0.3) is 10.9 Å². The summed E-state index contributed by atoms with van der Waals surface area (Å²) in [5, 5.41) is 14.8. The largest absolute Gasteiger partial charge is 0.465 e. The molecule has 0 atom stereocenters. The molecule has 0 bridgehead atoms. The molecule has 2 rings (SSSR count). The smallest absolute Gasteiger partial charge is 0.409 e. The number of aromatic amines is 1. The van der Waals surface area contributed by atoms with Gasteiger partial charge in [-0.15, -0.1) is 0 Å². The Balaban J connectivity index is 2.08. The standard InChI is InChI=1S/C14H17N3O3/c1-9(18)15-6-2-3-10-8-16-13-5-4-11(7-12(10)13)17-14(19)20/h4-5,7-8,16-17H,2-3,6H2,1H3,(H,15,18)(H,19,20). The first kappa shape index (κ1) is 13.9. The van der Waals surface area contributed by atoms with Gasteiger partial charge in [-0.25, -0.2) is 4.79 Å². The Morgan fingerprint density at radius 2 is 2.15 bits per heavy atom. The van der Waals surface area contributed by atoms with Crippen molar-refractivity contribution in [3.05, 3.63) is 30.0 Å². The molecule has 2 aromatic rings. The van der Waals surface area contributed by atoms with Gasteiger partial charge in [0.15, 0.2) is 0 Å². The minimum atomic E-state index is -1.08. The van der Waals surface area contributed by atoms with Crippen LogP contribution in [-0.2, 0) is 11.2 Å². The van der Waals surface area contributed by atoms with Crippen LogP contribution >= 0.6 is 0 Å². The number of anilines is 1. The molecular weight excluding hydrogens is 258 g/mol. The quantitative estimate of drug-likeness (QED) is 0.631. The average Bonchev–Trinajstić information content (AvgIpc) is 2.76. The maximum atomic E-state index is 10.8. The Kier molecular flexibility index (Phi) is 4.24. The minimum Gasteiger partial charge on any atom is -0.465 e. The van der Waals surface area contributed by atoms with Crippen LogP contribution in [0, 0.1) is 0 Å². The summed E-state index contributed by atoms with van der Waals surface area (Å²) in [5.74, 6) is -0.0307. The summed E-state index contributed by atoms with van der Waals surface area (Å²) < 4.78 is 0. The molecule has 2 amide bonds. The number of hydrogen-bond donors (Lipinski definition) is 4. The van der Waals surface area contributed by atoms with Crippen LogP contribution in [0.3, 0.4) is 0 Å². The van der Waals surface area contributed by atoms with Crippen LogP contribution in [-0.4, -0.2) is 28.6 Å². The van der Waals surface area contributed by atoms with E-state index in [9.17, 15) is 9.59 Å². The summed E-state index contributed by atoms with van der Waals surface area (Å²) in [7, 11) is 0. The van der Waals surface area contributed by atoms with Crippen LogP contribution < -0.4 is 10.6 Å². The van der Waals surface area contributed by atoms with Gasteiger partial charge in [-0.05, 0) is 36.6 Å². The van der Waals surface area contributed by atoms with Crippen molar-refractivity contribution in [2.75, 3.05) is 11.9 Å². The molecular formula is C14H17N3O3. The SMILES string of the molecule is CC(=O)NCCCc1c[nH]c2ccc(NC(=O)O)cc12. The lowest BCUT2D eigenvalue weighted by molar-refractivity contribution is -0.118. The Morgan fingerprint density at radius 3 is 2.85 bits per heavy atom. The number of fused-ring (bicyclic) bond motifs is 1. The van der Waals surface area contributed by atoms with E-state index >= 15 is 0 Å². The Bertz CT molecular complexity index is 634. The van der Waals surface area contributed by atoms with Crippen molar-refractivity contribution in [3.8, 4) is 0 Å². The fraction of sp³-hybridized carbons (Fsp3) is 0.286. The number of carboxylic acid groups (broad SMARTS) is 1. The van der Waals surface area contributed by atoms with Crippen molar-refractivity contribution in [2.45, 2.75) is 19.8 Å². The molecule has 0 fully saturated rings. The third kappa shape index (κ3) is 3.50. The number of carbonyl (C=O) groups excluding carboxylic acids is 1. The predicted molar refractivity (Wildman–Crippen MR) is 77.0 cm³/mol. The summed E-state index contributed by atoms with van der Waals surface area (Å²) in [5.41, 5.74) is 2.63. The number of hydrogen-bond acceptors (Lipinski definition) is 2. The monoisotopic (exact) mass is 275 g/mol. The molecule has 6 nitrogen and oxygen atoms in total. The van der Waals surface area contributed by atoms with Crippen molar-refractivity contribution >= 4 is 28.6 Å². The molecule has 6 heteroatoms. The third-order valence-electron chi connectivity index (χ3n) is 3.02. The van der Waals surface area contributed by atoms with Crippen molar-refractivity contribution in [1.82, 2.24) is 10.3 Å². The molecule has 0 aliphatic rings. The molecule has 0 radical (unpaired) electrons. The lowest BCUT2D eigenvalue weighted by Gasteiger charge is -2.03. The Morgan fingerprint density at radius 1 is 1.35 bits per heavy atom. The highest BCUT2D eigenvalue weighted by Crippen LogP contribution is 2.23. The van der Waals surface area contributed by atoms with Crippen molar-refractivity contribution in [3.63, 3.8) is 0 Å². The van der Waals surface area contributed by atoms with Crippen molar-refractivity contribution < 1.29 is 14.7 Å². The summed E-state index contributed by atoms with van der Waals surface area (Å²) in [6.45, 7) is 2.13. The third-order valence-corrected chi connectivity index (χ3v) is 3.02. The summed E-state index contributed by atoms with van der Waals surface area (Å²) >= 11 is 0. The summed E-state index contributed by atoms with van der Waals surface area (Å²) in [4.78, 5) is 24.6. The van der Waals surface area contributed by atoms with E-state index in [0.717, 1.165) is 29.3 Å². The van der Waals surface area contributed by atoms with Gasteiger partial charge >= 0.3 is 6.09 Å². The number of aromatic nitrogens is 1. The highest BCUT2D eigenvalue weighted by molar-refractivity contribution is 5.91. The summed E-state index contributed by atoms with van der Waals surface area (Å²) in [6, 6.07) is 5.37. The van der Waals surface area contributed by atoms with Crippen LogP contribution in [0.1, 0.15) is 18.9 Å². The van der Waals surface area contributed by atoms with E-state index in [1.54, 1.807) is 6.07 Å².